The Balaban J connectivity index is -0.0000000629. The van der Waals surface area contributed by atoms with Gasteiger partial charge < -0.3 is 50.1 Å². The summed E-state index contributed by atoms with van der Waals surface area (Å²) >= 11 is 0. The third-order valence-electron chi connectivity index (χ3n) is 1.25. The van der Waals surface area contributed by atoms with Crippen LogP contribution in [0.2, 0.25) is 0 Å². The minimum Gasteiger partial charge on any atom is -0.550 e. The van der Waals surface area contributed by atoms with Crippen LogP contribution in [0.5, 0.6) is 0 Å². The Bertz CT molecular complexity index is 321. The summed E-state index contributed by atoms with van der Waals surface area (Å²) < 4.78 is 0. The molecule has 0 aliphatic rings. The van der Waals surface area contributed by atoms with Gasteiger partial charge in [0, 0.05) is 24.8 Å². The molecule has 0 amide bonds. The second-order valence-corrected chi connectivity index (χ2v) is 2.64. The molecule has 0 aromatic heterocycles. The number of carboxylic acid groups (broad SMARTS) is 3. The quantitative estimate of drug-likeness (QED) is 0.248. The molecule has 0 rings (SSSR count). The summed E-state index contributed by atoms with van der Waals surface area (Å²) in [6.45, 7) is 0. The van der Waals surface area contributed by atoms with Crippen LogP contribution in [-0.4, -0.2) is 33.7 Å². The Morgan fingerprint density at radius 3 is 1.19 bits per heavy atom. The maximum absolute atomic E-state index is 10.1. The fraction of sp³-hybridized carbons (Fsp3) is 0.500. The van der Waals surface area contributed by atoms with Crippen LogP contribution in [0.15, 0.2) is 0 Å². The Kier molecular flexibility index (Phi) is 35.1. The molecule has 0 saturated carbocycles. The van der Waals surface area contributed by atoms with Gasteiger partial charge in [0.05, 0.1) is 11.1 Å². The zero-order chi connectivity index (χ0) is 14.2. The van der Waals surface area contributed by atoms with Gasteiger partial charge in [-0.05, 0) is 0 Å². The molecule has 0 heterocycles. The summed E-state index contributed by atoms with van der Waals surface area (Å²) in [5, 5.41) is 53.7. The van der Waals surface area contributed by atoms with Crippen molar-refractivity contribution < 1.29 is 151 Å². The number of hydrogen-bond acceptors (Lipinski definition) is 10. The molecule has 0 fully saturated rings. The normalized spacial score (nSPS) is 7.86. The maximum Gasteiger partial charge on any atom is 1.00 e. The number of carboxylic acids is 3. The summed E-state index contributed by atoms with van der Waals surface area (Å²) in [7, 11) is 0. The van der Waals surface area contributed by atoms with E-state index in [9.17, 15) is 29.7 Å². The number of carbonyl (C=O) groups is 3. The van der Waals surface area contributed by atoms with E-state index in [2.05, 4.69) is 0 Å². The van der Waals surface area contributed by atoms with E-state index in [0.29, 0.717) is 0 Å². The van der Waals surface area contributed by atoms with Crippen LogP contribution in [0.1, 0.15) is 12.8 Å². The average Bonchev–Trinajstić information content (AvgIpc) is 1.98. The first-order valence-corrected chi connectivity index (χ1v) is 3.66. The van der Waals surface area contributed by atoms with Crippen LogP contribution in [0, 0.1) is 15.3 Å². The number of hydrogen-bond donors (Lipinski definition) is 1. The number of aliphatic carboxylic acids is 3. The van der Waals surface area contributed by atoms with Crippen molar-refractivity contribution in [2.75, 3.05) is 0 Å². The van der Waals surface area contributed by atoms with E-state index < -0.39 is 41.4 Å². The molecular weight excluding hydrogens is 423 g/mol. The van der Waals surface area contributed by atoms with Crippen LogP contribution in [0.3, 0.4) is 0 Å². The van der Waals surface area contributed by atoms with Gasteiger partial charge in [0.25, 0.3) is 0 Å². The van der Waals surface area contributed by atoms with Crippen LogP contribution in [0.4, 0.5) is 0 Å². The summed E-state index contributed by atoms with van der Waals surface area (Å²) in [5.41, 5.74) is -2.97. The second-order valence-electron chi connectivity index (χ2n) is 2.64. The van der Waals surface area contributed by atoms with Crippen molar-refractivity contribution in [3.05, 3.63) is 15.3 Å². The molecule has 0 aliphatic heterocycles. The van der Waals surface area contributed by atoms with E-state index in [-0.39, 0.29) is 111 Å². The predicted octanol–water partition coefficient (Wildman–Crippen LogP) is -14.5. The van der Waals surface area contributed by atoms with Crippen molar-refractivity contribution in [3.63, 3.8) is 0 Å². The van der Waals surface area contributed by atoms with Gasteiger partial charge >= 0.3 is 111 Å². The first-order valence-electron chi connectivity index (χ1n) is 3.66. The maximum atomic E-state index is 10.1. The van der Waals surface area contributed by atoms with E-state index in [1.54, 1.807) is 0 Å². The molecule has 0 unspecified atom stereocenters. The fourth-order valence-electron chi connectivity index (χ4n) is 0.684. The number of rotatable bonds is 5. The van der Waals surface area contributed by atoms with E-state index in [1.807, 2.05) is 0 Å². The van der Waals surface area contributed by atoms with Crippen LogP contribution in [-0.2, 0) is 36.8 Å². The van der Waals surface area contributed by atoms with Crippen LogP contribution < -0.4 is 104 Å². The van der Waals surface area contributed by atoms with Gasteiger partial charge in [-0.15, -0.1) is 0 Å². The minimum atomic E-state index is -2.97. The van der Waals surface area contributed by atoms with Crippen molar-refractivity contribution in [1.29, 1.82) is 0 Å². The molecule has 0 saturated heterocycles. The smallest absolute Gasteiger partial charge is 0.550 e. The Hall–Kier alpha value is 1.31. The fourth-order valence-corrected chi connectivity index (χ4v) is 0.684. The van der Waals surface area contributed by atoms with Crippen LogP contribution in [0.25, 0.3) is 0 Å². The zero-order valence-corrected chi connectivity index (χ0v) is 18.8. The Morgan fingerprint density at radius 2 is 1.10 bits per heavy atom. The van der Waals surface area contributed by atoms with Crippen molar-refractivity contribution >= 4 is 17.9 Å². The van der Waals surface area contributed by atoms with Gasteiger partial charge in [-0.3, -0.25) is 0 Å². The molecule has 21 heavy (non-hydrogen) atoms. The second kappa shape index (κ2) is 19.4. The molecule has 11 nitrogen and oxygen atoms in total. The SMILES string of the molecule is O=C([O-])CC(O)(CC(=O)[O-])C(=O)[O-].O=[N+]([O-])[O-].[Ag+].[Na+].[Na+].[Na+]. The molecule has 0 bridgehead atoms. The minimum absolute atomic E-state index is 0. The molecule has 0 atom stereocenters. The van der Waals surface area contributed by atoms with E-state index in [4.69, 9.17) is 20.4 Å². The van der Waals surface area contributed by atoms with Crippen LogP contribution >= 0.6 is 0 Å². The van der Waals surface area contributed by atoms with Gasteiger partial charge in [0.2, 0.25) is 0 Å². The van der Waals surface area contributed by atoms with Crippen molar-refractivity contribution in [1.82, 2.24) is 0 Å². The van der Waals surface area contributed by atoms with Gasteiger partial charge in [-0.2, -0.15) is 0 Å². The largest absolute Gasteiger partial charge is 1.00 e. The first kappa shape index (κ1) is 38.1. The average molecular weight is 428 g/mol. The summed E-state index contributed by atoms with van der Waals surface area (Å²) in [6.07, 6.45) is -2.72. The first-order chi connectivity index (χ1) is 7.51. The van der Waals surface area contributed by atoms with E-state index >= 15 is 0 Å². The van der Waals surface area contributed by atoms with E-state index in [1.165, 1.54) is 0 Å². The summed E-state index contributed by atoms with van der Waals surface area (Å²) in [6, 6.07) is 0. The molecule has 0 aromatic rings. The number of carbonyl (C=O) groups excluding carboxylic acids is 3. The number of aliphatic hydroxyl groups is 1. The standard InChI is InChI=1S/C6H8O7.Ag.NO3.3Na/c7-3(8)1-6(13,5(11)12)2-4(9)10;;2-1(3)4;;;/h13H,1-2H2,(H,7,8)(H,9,10)(H,11,12);;;;;/q;+1;-1;3*+1/p-3. The molecule has 108 valence electrons. The third kappa shape index (κ3) is 26.5. The van der Waals surface area contributed by atoms with Gasteiger partial charge in [0.15, 0.2) is 0 Å². The van der Waals surface area contributed by atoms with Crippen molar-refractivity contribution in [3.8, 4) is 0 Å². The Morgan fingerprint density at radius 1 is 0.905 bits per heavy atom. The van der Waals surface area contributed by atoms with Gasteiger partial charge in [0.1, 0.15) is 5.60 Å². The monoisotopic (exact) mass is 427 g/mol. The summed E-state index contributed by atoms with van der Waals surface area (Å²) in [4.78, 5) is 38.2. The molecule has 0 radical (unpaired) electrons. The topological polar surface area (TPSA) is 207 Å². The molecule has 15 heteroatoms. The van der Waals surface area contributed by atoms with Gasteiger partial charge in [-0.25, -0.2) is 0 Å². The predicted molar refractivity (Wildman–Crippen MR) is 39.6 cm³/mol. The van der Waals surface area contributed by atoms with Gasteiger partial charge in [-0.1, -0.05) is 0 Å². The summed E-state index contributed by atoms with van der Waals surface area (Å²) in [5.74, 6) is -5.98. The number of nitrogens with zero attached hydrogens (tertiary/aromatic N) is 1. The third-order valence-corrected chi connectivity index (χ3v) is 1.25. The molecule has 0 aliphatic carbocycles. The zero-order valence-electron chi connectivity index (χ0n) is 11.3. The van der Waals surface area contributed by atoms with Crippen molar-refractivity contribution in [2.24, 2.45) is 0 Å². The van der Waals surface area contributed by atoms with E-state index in [0.717, 1.165) is 0 Å². The Labute approximate surface area is 200 Å². The molecule has 1 N–H and O–H groups in total. The molecular formula is C6H5AgNNa3O10. The van der Waals surface area contributed by atoms with Crippen molar-refractivity contribution in [2.45, 2.75) is 18.4 Å². The molecule has 0 aromatic carbocycles. The molecule has 0 spiro atoms.